The first-order chi connectivity index (χ1) is 8.65. The zero-order chi connectivity index (χ0) is 13.0. The normalized spacial score (nSPS) is 12.2. The molecule has 0 bridgehead atoms. The van der Waals surface area contributed by atoms with Crippen LogP contribution in [0.2, 0.25) is 0 Å². The average molecular weight is 245 g/mol. The highest BCUT2D eigenvalue weighted by atomic mass is 19.1. The van der Waals surface area contributed by atoms with E-state index in [-0.39, 0.29) is 5.82 Å². The molecule has 0 heterocycles. The summed E-state index contributed by atoms with van der Waals surface area (Å²) in [6, 6.07) is 13.9. The van der Waals surface area contributed by atoms with Crippen molar-refractivity contribution in [3.63, 3.8) is 0 Å². The Hall–Kier alpha value is -1.87. The lowest BCUT2D eigenvalue weighted by Gasteiger charge is -2.13. The third kappa shape index (κ3) is 3.31. The second-order valence-electron chi connectivity index (χ2n) is 4.32. The van der Waals surface area contributed by atoms with Gasteiger partial charge in [0.25, 0.3) is 0 Å². The van der Waals surface area contributed by atoms with Crippen LogP contribution in [0.5, 0.6) is 0 Å². The molecule has 2 nitrogen and oxygen atoms in total. The van der Waals surface area contributed by atoms with E-state index in [4.69, 9.17) is 0 Å². The maximum absolute atomic E-state index is 13.0. The van der Waals surface area contributed by atoms with Gasteiger partial charge in [-0.25, -0.2) is 4.39 Å². The van der Waals surface area contributed by atoms with Gasteiger partial charge in [0.2, 0.25) is 0 Å². The molecule has 0 aliphatic carbocycles. The van der Waals surface area contributed by atoms with E-state index in [0.29, 0.717) is 12.2 Å². The van der Waals surface area contributed by atoms with E-state index in [9.17, 15) is 9.50 Å². The van der Waals surface area contributed by atoms with E-state index in [2.05, 4.69) is 5.32 Å². The highest BCUT2D eigenvalue weighted by Gasteiger charge is 2.06. The number of hydrogen-bond donors (Lipinski definition) is 2. The second kappa shape index (κ2) is 5.65. The third-order valence-corrected chi connectivity index (χ3v) is 2.79. The Balaban J connectivity index is 1.96. The zero-order valence-electron chi connectivity index (χ0n) is 10.2. The van der Waals surface area contributed by atoms with Crippen molar-refractivity contribution < 1.29 is 9.50 Å². The van der Waals surface area contributed by atoms with Gasteiger partial charge in [-0.1, -0.05) is 35.9 Å². The number of aliphatic hydroxyl groups excluding tert-OH is 1. The minimum atomic E-state index is -0.603. The van der Waals surface area contributed by atoms with Crippen LogP contribution < -0.4 is 5.32 Å². The molecule has 0 spiro atoms. The topological polar surface area (TPSA) is 32.3 Å². The minimum absolute atomic E-state index is 0.287. The maximum Gasteiger partial charge on any atom is 0.125 e. The van der Waals surface area contributed by atoms with Gasteiger partial charge in [-0.3, -0.25) is 0 Å². The van der Waals surface area contributed by atoms with Gasteiger partial charge in [-0.15, -0.1) is 0 Å². The minimum Gasteiger partial charge on any atom is -0.387 e. The van der Waals surface area contributed by atoms with Crippen molar-refractivity contribution in [1.82, 2.24) is 0 Å². The molecule has 0 aliphatic heterocycles. The SMILES string of the molecule is Cc1ccc(C(O)CNc2cccc(F)c2)cc1. The number of halogens is 1. The highest BCUT2D eigenvalue weighted by Crippen LogP contribution is 2.15. The standard InChI is InChI=1S/C15H16FNO/c1-11-5-7-12(8-6-11)15(18)10-17-14-4-2-3-13(16)9-14/h2-9,15,17-18H,10H2,1H3. The molecule has 2 rings (SSSR count). The number of aryl methyl sites for hydroxylation is 1. The Kier molecular flexibility index (Phi) is 3.95. The summed E-state index contributed by atoms with van der Waals surface area (Å²) in [5, 5.41) is 13.0. The van der Waals surface area contributed by atoms with Crippen LogP contribution in [0.15, 0.2) is 48.5 Å². The fourth-order valence-electron chi connectivity index (χ4n) is 1.72. The molecule has 0 fully saturated rings. The van der Waals surface area contributed by atoms with Crippen molar-refractivity contribution in [3.05, 3.63) is 65.5 Å². The van der Waals surface area contributed by atoms with Gasteiger partial charge >= 0.3 is 0 Å². The average Bonchev–Trinajstić information content (AvgIpc) is 2.37. The number of benzene rings is 2. The number of hydrogen-bond acceptors (Lipinski definition) is 2. The molecule has 2 aromatic carbocycles. The van der Waals surface area contributed by atoms with Gasteiger partial charge < -0.3 is 10.4 Å². The summed E-state index contributed by atoms with van der Waals surface area (Å²) in [7, 11) is 0. The van der Waals surface area contributed by atoms with Crippen molar-refractivity contribution in [2.75, 3.05) is 11.9 Å². The molecule has 0 radical (unpaired) electrons. The Labute approximate surface area is 106 Å². The quantitative estimate of drug-likeness (QED) is 0.866. The maximum atomic E-state index is 13.0. The summed E-state index contributed by atoms with van der Waals surface area (Å²) in [5.41, 5.74) is 2.68. The van der Waals surface area contributed by atoms with Crippen LogP contribution in [-0.4, -0.2) is 11.7 Å². The zero-order valence-corrected chi connectivity index (χ0v) is 10.2. The number of nitrogens with one attached hydrogen (secondary N) is 1. The summed E-state index contributed by atoms with van der Waals surface area (Å²) < 4.78 is 13.0. The first kappa shape index (κ1) is 12.6. The third-order valence-electron chi connectivity index (χ3n) is 2.79. The summed E-state index contributed by atoms with van der Waals surface area (Å²) >= 11 is 0. The molecule has 0 aromatic heterocycles. The fourth-order valence-corrected chi connectivity index (χ4v) is 1.72. The molecule has 3 heteroatoms. The summed E-state index contributed by atoms with van der Waals surface area (Å²) in [6.45, 7) is 2.35. The molecule has 0 saturated carbocycles. The predicted molar refractivity (Wildman–Crippen MR) is 71.0 cm³/mol. The van der Waals surface area contributed by atoms with Gasteiger partial charge in [0.15, 0.2) is 0 Å². The summed E-state index contributed by atoms with van der Waals surface area (Å²) in [5.74, 6) is -0.287. The lowest BCUT2D eigenvalue weighted by Crippen LogP contribution is -2.12. The molecular formula is C15H16FNO. The van der Waals surface area contributed by atoms with Crippen LogP contribution in [0.1, 0.15) is 17.2 Å². The van der Waals surface area contributed by atoms with Crippen molar-refractivity contribution >= 4 is 5.69 Å². The van der Waals surface area contributed by atoms with Gasteiger partial charge in [0.05, 0.1) is 6.10 Å². The van der Waals surface area contributed by atoms with Crippen LogP contribution in [0.25, 0.3) is 0 Å². The molecule has 1 unspecified atom stereocenters. The second-order valence-corrected chi connectivity index (χ2v) is 4.32. The number of aliphatic hydroxyl groups is 1. The lowest BCUT2D eigenvalue weighted by molar-refractivity contribution is 0.191. The number of rotatable bonds is 4. The summed E-state index contributed by atoms with van der Waals surface area (Å²) in [6.07, 6.45) is -0.603. The van der Waals surface area contributed by atoms with E-state index in [0.717, 1.165) is 11.1 Å². The van der Waals surface area contributed by atoms with E-state index >= 15 is 0 Å². The first-order valence-corrected chi connectivity index (χ1v) is 5.89. The van der Waals surface area contributed by atoms with Crippen molar-refractivity contribution in [2.45, 2.75) is 13.0 Å². The molecule has 0 aliphatic rings. The number of anilines is 1. The lowest BCUT2D eigenvalue weighted by atomic mass is 10.1. The molecule has 94 valence electrons. The van der Waals surface area contributed by atoms with Crippen LogP contribution in [0.3, 0.4) is 0 Å². The first-order valence-electron chi connectivity index (χ1n) is 5.89. The predicted octanol–water partition coefficient (Wildman–Crippen LogP) is 3.28. The molecule has 18 heavy (non-hydrogen) atoms. The van der Waals surface area contributed by atoms with E-state index in [1.165, 1.54) is 12.1 Å². The van der Waals surface area contributed by atoms with Crippen LogP contribution in [0, 0.1) is 12.7 Å². The molecular weight excluding hydrogens is 229 g/mol. The van der Waals surface area contributed by atoms with Gasteiger partial charge in [-0.05, 0) is 30.7 Å². The Bertz CT molecular complexity index is 510. The highest BCUT2D eigenvalue weighted by molar-refractivity contribution is 5.43. The Morgan fingerprint density at radius 3 is 2.56 bits per heavy atom. The van der Waals surface area contributed by atoms with Crippen LogP contribution in [-0.2, 0) is 0 Å². The van der Waals surface area contributed by atoms with Crippen LogP contribution >= 0.6 is 0 Å². The van der Waals surface area contributed by atoms with Gasteiger partial charge in [0.1, 0.15) is 5.82 Å². The van der Waals surface area contributed by atoms with E-state index in [1.54, 1.807) is 12.1 Å². The molecule has 2 N–H and O–H groups in total. The van der Waals surface area contributed by atoms with E-state index in [1.807, 2.05) is 31.2 Å². The van der Waals surface area contributed by atoms with Crippen molar-refractivity contribution in [2.24, 2.45) is 0 Å². The van der Waals surface area contributed by atoms with Gasteiger partial charge in [-0.2, -0.15) is 0 Å². The smallest absolute Gasteiger partial charge is 0.125 e. The largest absolute Gasteiger partial charge is 0.387 e. The van der Waals surface area contributed by atoms with Crippen LogP contribution in [0.4, 0.5) is 10.1 Å². The van der Waals surface area contributed by atoms with Crippen molar-refractivity contribution in [3.8, 4) is 0 Å². The molecule has 0 saturated heterocycles. The molecule has 1 atom stereocenters. The van der Waals surface area contributed by atoms with Crippen molar-refractivity contribution in [1.29, 1.82) is 0 Å². The monoisotopic (exact) mass is 245 g/mol. The Morgan fingerprint density at radius 2 is 1.89 bits per heavy atom. The fraction of sp³-hybridized carbons (Fsp3) is 0.200. The molecule has 0 amide bonds. The molecule has 2 aromatic rings. The Morgan fingerprint density at radius 1 is 1.17 bits per heavy atom. The summed E-state index contributed by atoms with van der Waals surface area (Å²) in [4.78, 5) is 0. The van der Waals surface area contributed by atoms with E-state index < -0.39 is 6.10 Å². The van der Waals surface area contributed by atoms with Gasteiger partial charge in [0, 0.05) is 12.2 Å².